The quantitative estimate of drug-likeness (QED) is 0.624. The summed E-state index contributed by atoms with van der Waals surface area (Å²) in [6, 6.07) is 3.20. The molecule has 0 bridgehead atoms. The maximum Gasteiger partial charge on any atom is 0.131 e. The van der Waals surface area contributed by atoms with Gasteiger partial charge in [-0.05, 0) is 37.8 Å². The third-order valence-corrected chi connectivity index (χ3v) is 4.29. The number of hydrogen-bond acceptors (Lipinski definition) is 3. The second-order valence-electron chi connectivity index (χ2n) is 5.60. The second-order valence-corrected chi connectivity index (χ2v) is 5.60. The van der Waals surface area contributed by atoms with Gasteiger partial charge in [-0.2, -0.15) is 0 Å². The highest BCUT2D eigenvalue weighted by molar-refractivity contribution is 5.24. The van der Waals surface area contributed by atoms with Crippen molar-refractivity contribution in [3.05, 3.63) is 35.4 Å². The molecule has 0 spiro atoms. The molecule has 5 heteroatoms. The first-order chi connectivity index (χ1) is 10.2. The SMILES string of the molecule is CCOC(C1CCCCC1)C(NN)c1c(F)cccc1F. The average molecular weight is 298 g/mol. The molecule has 0 aliphatic heterocycles. The molecule has 3 nitrogen and oxygen atoms in total. The Morgan fingerprint density at radius 1 is 1.24 bits per heavy atom. The van der Waals surface area contributed by atoms with Crippen molar-refractivity contribution in [1.29, 1.82) is 0 Å². The molecule has 1 aromatic rings. The first kappa shape index (κ1) is 16.3. The lowest BCUT2D eigenvalue weighted by Gasteiger charge is -2.35. The van der Waals surface area contributed by atoms with E-state index in [4.69, 9.17) is 10.6 Å². The number of rotatable bonds is 6. The van der Waals surface area contributed by atoms with Crippen LogP contribution in [-0.2, 0) is 4.74 Å². The van der Waals surface area contributed by atoms with Crippen LogP contribution in [0.4, 0.5) is 8.78 Å². The molecule has 1 aliphatic rings. The average Bonchev–Trinajstić information content (AvgIpc) is 2.50. The van der Waals surface area contributed by atoms with Gasteiger partial charge >= 0.3 is 0 Å². The van der Waals surface area contributed by atoms with E-state index in [-0.39, 0.29) is 17.6 Å². The van der Waals surface area contributed by atoms with Crippen molar-refractivity contribution in [2.45, 2.75) is 51.2 Å². The Morgan fingerprint density at radius 3 is 2.38 bits per heavy atom. The predicted octanol–water partition coefficient (Wildman–Crippen LogP) is 3.45. The molecule has 0 radical (unpaired) electrons. The van der Waals surface area contributed by atoms with E-state index in [0.29, 0.717) is 6.61 Å². The highest BCUT2D eigenvalue weighted by atomic mass is 19.1. The lowest BCUT2D eigenvalue weighted by molar-refractivity contribution is -0.0199. The Bertz CT molecular complexity index is 430. The monoisotopic (exact) mass is 298 g/mol. The molecule has 0 amide bonds. The van der Waals surface area contributed by atoms with Gasteiger partial charge in [-0.15, -0.1) is 0 Å². The van der Waals surface area contributed by atoms with Crippen molar-refractivity contribution in [2.75, 3.05) is 6.61 Å². The third-order valence-electron chi connectivity index (χ3n) is 4.29. The summed E-state index contributed by atoms with van der Waals surface area (Å²) in [6.07, 6.45) is 5.19. The number of nitrogens with one attached hydrogen (secondary N) is 1. The molecular weight excluding hydrogens is 274 g/mol. The van der Waals surface area contributed by atoms with Crippen LogP contribution in [0.1, 0.15) is 50.6 Å². The molecule has 0 heterocycles. The van der Waals surface area contributed by atoms with Gasteiger partial charge in [-0.25, -0.2) is 8.78 Å². The molecule has 1 aliphatic carbocycles. The molecule has 118 valence electrons. The van der Waals surface area contributed by atoms with Gasteiger partial charge < -0.3 is 4.74 Å². The molecule has 21 heavy (non-hydrogen) atoms. The Morgan fingerprint density at radius 2 is 1.86 bits per heavy atom. The number of halogens is 2. The van der Waals surface area contributed by atoms with E-state index in [1.165, 1.54) is 24.6 Å². The normalized spacial score (nSPS) is 19.4. The fourth-order valence-electron chi connectivity index (χ4n) is 3.31. The van der Waals surface area contributed by atoms with E-state index in [0.717, 1.165) is 25.7 Å². The molecule has 0 aromatic heterocycles. The first-order valence-corrected chi connectivity index (χ1v) is 7.70. The Balaban J connectivity index is 2.30. The highest BCUT2D eigenvalue weighted by Crippen LogP contribution is 2.35. The van der Waals surface area contributed by atoms with Gasteiger partial charge in [-0.3, -0.25) is 11.3 Å². The van der Waals surface area contributed by atoms with Crippen molar-refractivity contribution in [1.82, 2.24) is 5.43 Å². The smallest absolute Gasteiger partial charge is 0.131 e. The van der Waals surface area contributed by atoms with Crippen molar-refractivity contribution in [3.63, 3.8) is 0 Å². The minimum atomic E-state index is -0.672. The van der Waals surface area contributed by atoms with Crippen LogP contribution in [0.25, 0.3) is 0 Å². The largest absolute Gasteiger partial charge is 0.376 e. The molecule has 0 saturated heterocycles. The van der Waals surface area contributed by atoms with Crippen LogP contribution in [0, 0.1) is 17.6 Å². The lowest BCUT2D eigenvalue weighted by atomic mass is 9.81. The van der Waals surface area contributed by atoms with Gasteiger partial charge in [0.1, 0.15) is 11.6 Å². The zero-order valence-electron chi connectivity index (χ0n) is 12.4. The molecule has 2 rings (SSSR count). The Labute approximate surface area is 124 Å². The summed E-state index contributed by atoms with van der Waals surface area (Å²) in [5, 5.41) is 0. The third kappa shape index (κ3) is 3.78. The van der Waals surface area contributed by atoms with Gasteiger partial charge in [0.15, 0.2) is 0 Å². The summed E-state index contributed by atoms with van der Waals surface area (Å²) in [5.74, 6) is 4.72. The number of ether oxygens (including phenoxy) is 1. The van der Waals surface area contributed by atoms with Crippen LogP contribution >= 0.6 is 0 Å². The minimum Gasteiger partial charge on any atom is -0.376 e. The highest BCUT2D eigenvalue weighted by Gasteiger charge is 2.34. The van der Waals surface area contributed by atoms with Crippen molar-refractivity contribution < 1.29 is 13.5 Å². The van der Waals surface area contributed by atoms with Crippen LogP contribution < -0.4 is 11.3 Å². The summed E-state index contributed by atoms with van der Waals surface area (Å²) >= 11 is 0. The number of nitrogens with two attached hydrogens (primary N) is 1. The van der Waals surface area contributed by atoms with Gasteiger partial charge in [0.05, 0.1) is 12.1 Å². The van der Waals surface area contributed by atoms with Crippen LogP contribution in [0.2, 0.25) is 0 Å². The van der Waals surface area contributed by atoms with E-state index < -0.39 is 17.7 Å². The predicted molar refractivity (Wildman–Crippen MR) is 78.4 cm³/mol. The molecule has 1 saturated carbocycles. The molecule has 3 N–H and O–H groups in total. The standard InChI is InChI=1S/C16H24F2N2O/c1-2-21-16(11-7-4-3-5-8-11)15(20-19)14-12(17)9-6-10-13(14)18/h6,9-11,15-16,20H,2-5,7-8,19H2,1H3. The molecule has 1 fully saturated rings. The zero-order valence-corrected chi connectivity index (χ0v) is 12.4. The fraction of sp³-hybridized carbons (Fsp3) is 0.625. The van der Waals surface area contributed by atoms with Crippen LogP contribution in [0.15, 0.2) is 18.2 Å². The Kier molecular flexibility index (Phi) is 6.08. The van der Waals surface area contributed by atoms with E-state index >= 15 is 0 Å². The molecule has 1 aromatic carbocycles. The fourth-order valence-corrected chi connectivity index (χ4v) is 3.31. The summed E-state index contributed by atoms with van der Waals surface area (Å²) in [4.78, 5) is 0. The Hall–Kier alpha value is -1.04. The van der Waals surface area contributed by atoms with Crippen LogP contribution in [-0.4, -0.2) is 12.7 Å². The summed E-state index contributed by atoms with van der Waals surface area (Å²) in [7, 11) is 0. The number of hydrazine groups is 1. The lowest BCUT2D eigenvalue weighted by Crippen LogP contribution is -2.43. The van der Waals surface area contributed by atoms with E-state index in [1.54, 1.807) is 0 Å². The van der Waals surface area contributed by atoms with E-state index in [2.05, 4.69) is 5.43 Å². The van der Waals surface area contributed by atoms with Crippen molar-refractivity contribution >= 4 is 0 Å². The van der Waals surface area contributed by atoms with Gasteiger partial charge in [0.25, 0.3) is 0 Å². The number of hydrogen-bond donors (Lipinski definition) is 2. The van der Waals surface area contributed by atoms with Crippen molar-refractivity contribution in [2.24, 2.45) is 11.8 Å². The summed E-state index contributed by atoms with van der Waals surface area (Å²) in [5.41, 5.74) is 2.55. The maximum absolute atomic E-state index is 14.1. The van der Waals surface area contributed by atoms with Crippen LogP contribution in [0.3, 0.4) is 0 Å². The van der Waals surface area contributed by atoms with Crippen molar-refractivity contribution in [3.8, 4) is 0 Å². The van der Waals surface area contributed by atoms with Gasteiger partial charge in [0, 0.05) is 12.2 Å². The number of benzene rings is 1. The maximum atomic E-state index is 14.1. The first-order valence-electron chi connectivity index (χ1n) is 7.70. The zero-order chi connectivity index (χ0) is 15.2. The molecule has 2 unspecified atom stereocenters. The van der Waals surface area contributed by atoms with Gasteiger partial charge in [0.2, 0.25) is 0 Å². The minimum absolute atomic E-state index is 0.0241. The van der Waals surface area contributed by atoms with E-state index in [1.807, 2.05) is 6.92 Å². The van der Waals surface area contributed by atoms with Crippen LogP contribution in [0.5, 0.6) is 0 Å². The molecule has 2 atom stereocenters. The van der Waals surface area contributed by atoms with E-state index in [9.17, 15) is 8.78 Å². The van der Waals surface area contributed by atoms with Gasteiger partial charge in [-0.1, -0.05) is 25.3 Å². The summed E-state index contributed by atoms with van der Waals surface area (Å²) < 4.78 is 34.0. The summed E-state index contributed by atoms with van der Waals surface area (Å²) in [6.45, 7) is 2.39. The second kappa shape index (κ2) is 7.82. The molecular formula is C16H24F2N2O. The topological polar surface area (TPSA) is 47.3 Å².